The van der Waals surface area contributed by atoms with E-state index in [1.165, 1.54) is 6.42 Å². The summed E-state index contributed by atoms with van der Waals surface area (Å²) in [6.45, 7) is 9.82. The largest absolute Gasteiger partial charge is 0.380 e. The van der Waals surface area contributed by atoms with Gasteiger partial charge in [-0.25, -0.2) is 0 Å². The minimum atomic E-state index is 0.330. The van der Waals surface area contributed by atoms with Gasteiger partial charge in [0, 0.05) is 13.2 Å². The zero-order valence-electron chi connectivity index (χ0n) is 9.05. The van der Waals surface area contributed by atoms with E-state index in [0.29, 0.717) is 18.1 Å². The fourth-order valence-corrected chi connectivity index (χ4v) is 1.54. The molecule has 0 rings (SSSR count). The monoisotopic (exact) mass is 173 g/mol. The first kappa shape index (κ1) is 11.9. The molecule has 2 nitrogen and oxygen atoms in total. The van der Waals surface area contributed by atoms with Gasteiger partial charge in [0.2, 0.25) is 0 Å². The molecule has 2 atom stereocenters. The summed E-state index contributed by atoms with van der Waals surface area (Å²) in [4.78, 5) is 0. The molecule has 74 valence electrons. The summed E-state index contributed by atoms with van der Waals surface area (Å²) in [6, 6.07) is 0.454. The summed E-state index contributed by atoms with van der Waals surface area (Å²) < 4.78 is 5.41. The van der Waals surface area contributed by atoms with E-state index in [9.17, 15) is 0 Å². The predicted molar refractivity (Wildman–Crippen MR) is 53.4 cm³/mol. The smallest absolute Gasteiger partial charge is 0.0744 e. The van der Waals surface area contributed by atoms with Crippen molar-refractivity contribution in [1.29, 1.82) is 0 Å². The standard InChI is InChI=1S/C10H23NO/c1-6-7-11-9(4)10(12-5)8(2)3/h8-11H,6-7H2,1-5H3. The Labute approximate surface area is 76.7 Å². The Hall–Kier alpha value is -0.0800. The minimum Gasteiger partial charge on any atom is -0.380 e. The first-order chi connectivity index (χ1) is 5.63. The Kier molecular flexibility index (Phi) is 6.39. The van der Waals surface area contributed by atoms with Crippen molar-refractivity contribution >= 4 is 0 Å². The van der Waals surface area contributed by atoms with E-state index in [1.54, 1.807) is 7.11 Å². The van der Waals surface area contributed by atoms with Gasteiger partial charge in [0.1, 0.15) is 0 Å². The molecule has 12 heavy (non-hydrogen) atoms. The van der Waals surface area contributed by atoms with Gasteiger partial charge in [-0.1, -0.05) is 20.8 Å². The molecule has 0 radical (unpaired) electrons. The van der Waals surface area contributed by atoms with Crippen LogP contribution in [0, 0.1) is 5.92 Å². The van der Waals surface area contributed by atoms with Gasteiger partial charge >= 0.3 is 0 Å². The van der Waals surface area contributed by atoms with Crippen LogP contribution in [0.25, 0.3) is 0 Å². The third-order valence-electron chi connectivity index (χ3n) is 2.14. The lowest BCUT2D eigenvalue weighted by Crippen LogP contribution is -2.41. The quantitative estimate of drug-likeness (QED) is 0.663. The third kappa shape index (κ3) is 4.07. The Morgan fingerprint density at radius 2 is 1.83 bits per heavy atom. The molecule has 0 aliphatic heterocycles. The molecule has 0 fully saturated rings. The molecule has 0 amide bonds. The van der Waals surface area contributed by atoms with Crippen LogP contribution in [0.15, 0.2) is 0 Å². The lowest BCUT2D eigenvalue weighted by molar-refractivity contribution is 0.0384. The molecule has 2 unspecified atom stereocenters. The molecule has 0 spiro atoms. The molecule has 2 heteroatoms. The highest BCUT2D eigenvalue weighted by atomic mass is 16.5. The van der Waals surface area contributed by atoms with Crippen LogP contribution in [0.3, 0.4) is 0 Å². The fourth-order valence-electron chi connectivity index (χ4n) is 1.54. The van der Waals surface area contributed by atoms with Crippen LogP contribution >= 0.6 is 0 Å². The van der Waals surface area contributed by atoms with Crippen LogP contribution in [-0.4, -0.2) is 25.8 Å². The van der Waals surface area contributed by atoms with E-state index in [2.05, 4.69) is 33.0 Å². The zero-order chi connectivity index (χ0) is 9.56. The lowest BCUT2D eigenvalue weighted by atomic mass is 10.0. The van der Waals surface area contributed by atoms with E-state index in [0.717, 1.165) is 6.54 Å². The van der Waals surface area contributed by atoms with Crippen molar-refractivity contribution in [2.24, 2.45) is 5.92 Å². The van der Waals surface area contributed by atoms with Gasteiger partial charge < -0.3 is 10.1 Å². The second-order valence-electron chi connectivity index (χ2n) is 3.69. The summed E-state index contributed by atoms with van der Waals surface area (Å²) in [7, 11) is 1.79. The van der Waals surface area contributed by atoms with Gasteiger partial charge in [-0.2, -0.15) is 0 Å². The van der Waals surface area contributed by atoms with Crippen LogP contribution in [0.5, 0.6) is 0 Å². The topological polar surface area (TPSA) is 21.3 Å². The van der Waals surface area contributed by atoms with E-state index in [4.69, 9.17) is 4.74 Å². The molecule has 0 heterocycles. The highest BCUT2D eigenvalue weighted by Gasteiger charge is 2.18. The molecule has 0 saturated carbocycles. The number of nitrogens with one attached hydrogen (secondary N) is 1. The Balaban J connectivity index is 3.77. The van der Waals surface area contributed by atoms with Gasteiger partial charge in [-0.15, -0.1) is 0 Å². The van der Waals surface area contributed by atoms with Crippen molar-refractivity contribution in [3.05, 3.63) is 0 Å². The number of hydrogen-bond acceptors (Lipinski definition) is 2. The van der Waals surface area contributed by atoms with Crippen LogP contribution < -0.4 is 5.32 Å². The van der Waals surface area contributed by atoms with Crippen LogP contribution in [-0.2, 0) is 4.74 Å². The maximum Gasteiger partial charge on any atom is 0.0744 e. The van der Waals surface area contributed by atoms with Crippen LogP contribution in [0.1, 0.15) is 34.1 Å². The molecule has 0 saturated heterocycles. The predicted octanol–water partition coefficient (Wildman–Crippen LogP) is 2.05. The first-order valence-corrected chi connectivity index (χ1v) is 4.89. The summed E-state index contributed by atoms with van der Waals surface area (Å²) in [5, 5.41) is 3.44. The molecule has 0 aromatic carbocycles. The number of methoxy groups -OCH3 is 1. The second kappa shape index (κ2) is 6.44. The highest BCUT2D eigenvalue weighted by molar-refractivity contribution is 4.74. The summed E-state index contributed by atoms with van der Waals surface area (Å²) in [5.74, 6) is 0.578. The van der Waals surface area contributed by atoms with Gasteiger partial charge in [-0.05, 0) is 25.8 Å². The maximum absolute atomic E-state index is 5.41. The molecule has 0 aliphatic rings. The zero-order valence-corrected chi connectivity index (χ0v) is 9.05. The van der Waals surface area contributed by atoms with E-state index >= 15 is 0 Å². The minimum absolute atomic E-state index is 0.330. The SMILES string of the molecule is CCCNC(C)C(OC)C(C)C. The van der Waals surface area contributed by atoms with Crippen molar-refractivity contribution in [2.75, 3.05) is 13.7 Å². The lowest BCUT2D eigenvalue weighted by Gasteiger charge is -2.26. The number of ether oxygens (including phenoxy) is 1. The van der Waals surface area contributed by atoms with Gasteiger partial charge in [0.15, 0.2) is 0 Å². The van der Waals surface area contributed by atoms with Crippen molar-refractivity contribution in [1.82, 2.24) is 5.32 Å². The second-order valence-corrected chi connectivity index (χ2v) is 3.69. The molecule has 0 aromatic heterocycles. The highest BCUT2D eigenvalue weighted by Crippen LogP contribution is 2.09. The van der Waals surface area contributed by atoms with Crippen LogP contribution in [0.2, 0.25) is 0 Å². The number of hydrogen-bond donors (Lipinski definition) is 1. The number of rotatable bonds is 6. The van der Waals surface area contributed by atoms with Gasteiger partial charge in [-0.3, -0.25) is 0 Å². The normalized spacial score (nSPS) is 16.5. The molecule has 1 N–H and O–H groups in total. The average Bonchev–Trinajstić information content (AvgIpc) is 2.01. The fraction of sp³-hybridized carbons (Fsp3) is 1.00. The first-order valence-electron chi connectivity index (χ1n) is 4.89. The summed E-state index contributed by atoms with van der Waals surface area (Å²) >= 11 is 0. The molecule has 0 bridgehead atoms. The van der Waals surface area contributed by atoms with Crippen molar-refractivity contribution in [2.45, 2.75) is 46.3 Å². The molecule has 0 aromatic rings. The van der Waals surface area contributed by atoms with Gasteiger partial charge in [0.25, 0.3) is 0 Å². The van der Waals surface area contributed by atoms with Crippen LogP contribution in [0.4, 0.5) is 0 Å². The molecular formula is C10H23NO. The van der Waals surface area contributed by atoms with Gasteiger partial charge in [0.05, 0.1) is 6.10 Å². The van der Waals surface area contributed by atoms with E-state index in [1.807, 2.05) is 0 Å². The molecule has 0 aliphatic carbocycles. The molecular weight excluding hydrogens is 150 g/mol. The van der Waals surface area contributed by atoms with Crippen molar-refractivity contribution in [3.8, 4) is 0 Å². The third-order valence-corrected chi connectivity index (χ3v) is 2.14. The maximum atomic E-state index is 5.41. The Bertz CT molecular complexity index is 104. The summed E-state index contributed by atoms with van der Waals surface area (Å²) in [6.07, 6.45) is 1.51. The average molecular weight is 173 g/mol. The van der Waals surface area contributed by atoms with E-state index in [-0.39, 0.29) is 0 Å². The summed E-state index contributed by atoms with van der Waals surface area (Å²) in [5.41, 5.74) is 0. The Morgan fingerprint density at radius 1 is 1.25 bits per heavy atom. The van der Waals surface area contributed by atoms with Crippen molar-refractivity contribution < 1.29 is 4.74 Å². The van der Waals surface area contributed by atoms with Crippen molar-refractivity contribution in [3.63, 3.8) is 0 Å². The van der Waals surface area contributed by atoms with E-state index < -0.39 is 0 Å². The Morgan fingerprint density at radius 3 is 2.17 bits per heavy atom.